The molecule has 26 heavy (non-hydrogen) atoms. The van der Waals surface area contributed by atoms with Crippen molar-refractivity contribution in [1.82, 2.24) is 10.6 Å². The molecule has 1 unspecified atom stereocenters. The lowest BCUT2D eigenvalue weighted by Crippen LogP contribution is -2.38. The molecule has 1 aliphatic rings. The number of rotatable bonds is 6. The molecule has 1 aromatic heterocycles. The highest BCUT2D eigenvalue weighted by atomic mass is 32.1. The summed E-state index contributed by atoms with van der Waals surface area (Å²) in [5.41, 5.74) is 1.82. The minimum atomic E-state index is -0.311. The van der Waals surface area contributed by atoms with Crippen molar-refractivity contribution in [3.63, 3.8) is 0 Å². The number of benzene rings is 1. The number of hydrogen-bond donors (Lipinski definition) is 2. The van der Waals surface area contributed by atoms with Crippen LogP contribution < -0.4 is 10.6 Å². The van der Waals surface area contributed by atoms with E-state index >= 15 is 0 Å². The molecule has 3 rings (SSSR count). The van der Waals surface area contributed by atoms with Gasteiger partial charge in [-0.05, 0) is 49.4 Å². The van der Waals surface area contributed by atoms with Crippen LogP contribution in [0.2, 0.25) is 0 Å². The Bertz CT molecular complexity index is 776. The Morgan fingerprint density at radius 2 is 2.08 bits per heavy atom. The molecular formula is C20H22N2O3S. The Morgan fingerprint density at radius 3 is 2.73 bits per heavy atom. The summed E-state index contributed by atoms with van der Waals surface area (Å²) in [7, 11) is 0. The zero-order valence-corrected chi connectivity index (χ0v) is 15.5. The maximum Gasteiger partial charge on any atom is 0.267 e. The number of carbonyl (C=O) groups is 2. The summed E-state index contributed by atoms with van der Waals surface area (Å²) >= 11 is 1.50. The van der Waals surface area contributed by atoms with Crippen LogP contribution in [-0.2, 0) is 9.53 Å². The average Bonchev–Trinajstić information content (AvgIpc) is 3.33. The molecule has 0 saturated carbocycles. The third-order valence-corrected chi connectivity index (χ3v) is 4.97. The fourth-order valence-electron chi connectivity index (χ4n) is 2.68. The first-order chi connectivity index (χ1) is 12.6. The summed E-state index contributed by atoms with van der Waals surface area (Å²) in [6, 6.07) is 11.0. The molecule has 2 amide bonds. The molecule has 2 heterocycles. The van der Waals surface area contributed by atoms with Crippen molar-refractivity contribution >= 4 is 29.2 Å². The van der Waals surface area contributed by atoms with Crippen molar-refractivity contribution in [2.75, 3.05) is 13.2 Å². The molecule has 5 nitrogen and oxygen atoms in total. The van der Waals surface area contributed by atoms with Crippen molar-refractivity contribution in [3.8, 4) is 0 Å². The Balaban J connectivity index is 1.71. The summed E-state index contributed by atoms with van der Waals surface area (Å²) in [6.45, 7) is 3.14. The Labute approximate surface area is 157 Å². The van der Waals surface area contributed by atoms with Crippen LogP contribution in [0.15, 0.2) is 47.5 Å². The van der Waals surface area contributed by atoms with Gasteiger partial charge < -0.3 is 15.4 Å². The molecule has 1 aliphatic heterocycles. The summed E-state index contributed by atoms with van der Waals surface area (Å²) in [5.74, 6) is -0.616. The van der Waals surface area contributed by atoms with Gasteiger partial charge in [0.1, 0.15) is 5.70 Å². The van der Waals surface area contributed by atoms with Crippen molar-refractivity contribution in [2.24, 2.45) is 0 Å². The summed E-state index contributed by atoms with van der Waals surface area (Å²) < 4.78 is 5.53. The first kappa shape index (κ1) is 18.4. The molecule has 6 heteroatoms. The standard InChI is InChI=1S/C20H22N2O3S/c1-14-6-8-15(9-7-14)19(23)22-18(12-17-5-3-11-26-17)20(24)21-13-16-4-2-10-25-16/h3,5-9,11-12,16H,2,4,10,13H2,1H3,(H,21,24)(H,22,23)/b18-12+. The van der Waals surface area contributed by atoms with Crippen LogP contribution in [0.1, 0.15) is 33.6 Å². The molecule has 0 radical (unpaired) electrons. The minimum Gasteiger partial charge on any atom is -0.376 e. The molecule has 136 valence electrons. The molecule has 1 saturated heterocycles. The zero-order valence-electron chi connectivity index (χ0n) is 14.7. The molecule has 0 aliphatic carbocycles. The van der Waals surface area contributed by atoms with E-state index < -0.39 is 0 Å². The van der Waals surface area contributed by atoms with Crippen LogP contribution in [0.4, 0.5) is 0 Å². The molecule has 1 fully saturated rings. The van der Waals surface area contributed by atoms with Crippen LogP contribution in [0.5, 0.6) is 0 Å². The van der Waals surface area contributed by atoms with E-state index in [4.69, 9.17) is 4.74 Å². The van der Waals surface area contributed by atoms with Crippen LogP contribution >= 0.6 is 11.3 Å². The van der Waals surface area contributed by atoms with E-state index in [9.17, 15) is 9.59 Å². The summed E-state index contributed by atoms with van der Waals surface area (Å²) in [6.07, 6.45) is 3.71. The second-order valence-corrected chi connectivity index (χ2v) is 7.22. The van der Waals surface area contributed by atoms with Crippen molar-refractivity contribution in [1.29, 1.82) is 0 Å². The van der Waals surface area contributed by atoms with E-state index in [1.54, 1.807) is 18.2 Å². The lowest BCUT2D eigenvalue weighted by molar-refractivity contribution is -0.118. The highest BCUT2D eigenvalue weighted by Crippen LogP contribution is 2.14. The SMILES string of the molecule is Cc1ccc(C(=O)N/C(=C/c2cccs2)C(=O)NCC2CCCO2)cc1. The predicted molar refractivity (Wildman–Crippen MR) is 103 cm³/mol. The van der Waals surface area contributed by atoms with Gasteiger partial charge in [0.05, 0.1) is 6.10 Å². The molecule has 0 spiro atoms. The van der Waals surface area contributed by atoms with Gasteiger partial charge in [-0.2, -0.15) is 0 Å². The van der Waals surface area contributed by atoms with E-state index in [1.807, 2.05) is 36.6 Å². The topological polar surface area (TPSA) is 67.4 Å². The Hall–Kier alpha value is -2.44. The van der Waals surface area contributed by atoms with Gasteiger partial charge in [0.2, 0.25) is 0 Å². The average molecular weight is 370 g/mol. The number of carbonyl (C=O) groups excluding carboxylic acids is 2. The van der Waals surface area contributed by atoms with Gasteiger partial charge in [-0.3, -0.25) is 9.59 Å². The lowest BCUT2D eigenvalue weighted by atomic mass is 10.1. The van der Waals surface area contributed by atoms with Gasteiger partial charge in [0, 0.05) is 23.6 Å². The lowest BCUT2D eigenvalue weighted by Gasteiger charge is -2.13. The monoisotopic (exact) mass is 370 g/mol. The van der Waals surface area contributed by atoms with Crippen LogP contribution in [0, 0.1) is 6.92 Å². The quantitative estimate of drug-likeness (QED) is 0.768. The minimum absolute atomic E-state index is 0.0507. The van der Waals surface area contributed by atoms with Crippen LogP contribution in [0.3, 0.4) is 0 Å². The van der Waals surface area contributed by atoms with Gasteiger partial charge in [0.15, 0.2) is 0 Å². The number of hydrogen-bond acceptors (Lipinski definition) is 4. The molecule has 0 bridgehead atoms. The van der Waals surface area contributed by atoms with Gasteiger partial charge in [0.25, 0.3) is 11.8 Å². The fourth-order valence-corrected chi connectivity index (χ4v) is 3.34. The van der Waals surface area contributed by atoms with Gasteiger partial charge in [-0.1, -0.05) is 23.8 Å². The predicted octanol–water partition coefficient (Wildman–Crippen LogP) is 3.12. The molecule has 1 atom stereocenters. The van der Waals surface area contributed by atoms with E-state index in [2.05, 4.69) is 10.6 Å². The fraction of sp³-hybridized carbons (Fsp3) is 0.300. The van der Waals surface area contributed by atoms with Gasteiger partial charge in [-0.25, -0.2) is 0 Å². The van der Waals surface area contributed by atoms with Crippen molar-refractivity contribution < 1.29 is 14.3 Å². The van der Waals surface area contributed by atoms with E-state index in [-0.39, 0.29) is 23.6 Å². The normalized spacial score (nSPS) is 17.1. The highest BCUT2D eigenvalue weighted by Gasteiger charge is 2.19. The van der Waals surface area contributed by atoms with Gasteiger partial charge >= 0.3 is 0 Å². The number of aryl methyl sites for hydroxylation is 1. The van der Waals surface area contributed by atoms with E-state index in [0.29, 0.717) is 12.1 Å². The molecular weight excluding hydrogens is 348 g/mol. The smallest absolute Gasteiger partial charge is 0.267 e. The number of ether oxygens (including phenoxy) is 1. The molecule has 1 aromatic carbocycles. The first-order valence-corrected chi connectivity index (χ1v) is 9.53. The second-order valence-electron chi connectivity index (χ2n) is 6.24. The third kappa shape index (κ3) is 5.03. The van der Waals surface area contributed by atoms with Crippen LogP contribution in [0.25, 0.3) is 6.08 Å². The van der Waals surface area contributed by atoms with Gasteiger partial charge in [-0.15, -0.1) is 11.3 Å². The number of nitrogens with one attached hydrogen (secondary N) is 2. The van der Waals surface area contributed by atoms with Crippen LogP contribution in [-0.4, -0.2) is 31.1 Å². The Morgan fingerprint density at radius 1 is 1.27 bits per heavy atom. The highest BCUT2D eigenvalue weighted by molar-refractivity contribution is 7.10. The van der Waals surface area contributed by atoms with Crippen molar-refractivity contribution in [2.45, 2.75) is 25.9 Å². The number of thiophene rings is 1. The Kier molecular flexibility index (Phi) is 6.20. The zero-order chi connectivity index (χ0) is 18.4. The van der Waals surface area contributed by atoms with E-state index in [0.717, 1.165) is 29.9 Å². The second kappa shape index (κ2) is 8.78. The maximum atomic E-state index is 12.6. The summed E-state index contributed by atoms with van der Waals surface area (Å²) in [4.78, 5) is 26.0. The summed E-state index contributed by atoms with van der Waals surface area (Å²) in [5, 5.41) is 7.53. The molecule has 2 N–H and O–H groups in total. The third-order valence-electron chi connectivity index (χ3n) is 4.15. The van der Waals surface area contributed by atoms with Crippen molar-refractivity contribution in [3.05, 3.63) is 63.5 Å². The maximum absolute atomic E-state index is 12.6. The number of amides is 2. The largest absolute Gasteiger partial charge is 0.376 e. The first-order valence-electron chi connectivity index (χ1n) is 8.65. The molecule has 2 aromatic rings. The van der Waals surface area contributed by atoms with E-state index in [1.165, 1.54) is 11.3 Å².